The highest BCUT2D eigenvalue weighted by atomic mass is 16.5. The second-order valence-corrected chi connectivity index (χ2v) is 5.23. The fourth-order valence-electron chi connectivity index (χ4n) is 2.64. The van der Waals surface area contributed by atoms with Crippen molar-refractivity contribution in [2.24, 2.45) is 0 Å². The summed E-state index contributed by atoms with van der Waals surface area (Å²) in [4.78, 5) is 11.5. The standard InChI is InChI=1S/C16H24N2O2/c1-3-9-18-16(19)11-20-13-7-8-14-12(10-13)5-4-6-15(14)17-2/h7-8,10,15,17H,3-6,9,11H2,1-2H3,(H,18,19). The first-order chi connectivity index (χ1) is 9.74. The number of fused-ring (bicyclic) bond motifs is 1. The van der Waals surface area contributed by atoms with Crippen LogP contribution >= 0.6 is 0 Å². The van der Waals surface area contributed by atoms with Crippen LogP contribution in [0.1, 0.15) is 43.4 Å². The van der Waals surface area contributed by atoms with E-state index in [2.05, 4.69) is 22.8 Å². The highest BCUT2D eigenvalue weighted by Crippen LogP contribution is 2.31. The van der Waals surface area contributed by atoms with Gasteiger partial charge in [0, 0.05) is 12.6 Å². The van der Waals surface area contributed by atoms with E-state index in [4.69, 9.17) is 4.74 Å². The molecular formula is C16H24N2O2. The molecule has 2 N–H and O–H groups in total. The van der Waals surface area contributed by atoms with Gasteiger partial charge in [-0.2, -0.15) is 0 Å². The van der Waals surface area contributed by atoms with Gasteiger partial charge < -0.3 is 15.4 Å². The molecule has 1 aromatic rings. The van der Waals surface area contributed by atoms with Crippen molar-refractivity contribution >= 4 is 5.91 Å². The lowest BCUT2D eigenvalue weighted by Gasteiger charge is -2.25. The van der Waals surface area contributed by atoms with Crippen molar-refractivity contribution in [1.29, 1.82) is 0 Å². The molecule has 0 saturated heterocycles. The first kappa shape index (κ1) is 14.9. The lowest BCUT2D eigenvalue weighted by Crippen LogP contribution is -2.29. The van der Waals surface area contributed by atoms with Gasteiger partial charge in [0.2, 0.25) is 0 Å². The van der Waals surface area contributed by atoms with Crippen molar-refractivity contribution in [3.8, 4) is 5.75 Å². The Morgan fingerprint density at radius 2 is 2.30 bits per heavy atom. The number of benzene rings is 1. The molecular weight excluding hydrogens is 252 g/mol. The Hall–Kier alpha value is -1.55. The van der Waals surface area contributed by atoms with E-state index in [1.807, 2.05) is 20.0 Å². The third-order valence-corrected chi connectivity index (χ3v) is 3.72. The molecule has 20 heavy (non-hydrogen) atoms. The van der Waals surface area contributed by atoms with Gasteiger partial charge in [-0.3, -0.25) is 4.79 Å². The Kier molecular flexibility index (Phi) is 5.41. The quantitative estimate of drug-likeness (QED) is 0.837. The number of nitrogens with one attached hydrogen (secondary N) is 2. The van der Waals surface area contributed by atoms with Gasteiger partial charge in [0.05, 0.1) is 0 Å². The Bertz CT molecular complexity index is 460. The first-order valence-corrected chi connectivity index (χ1v) is 7.44. The van der Waals surface area contributed by atoms with E-state index in [1.54, 1.807) is 0 Å². The fraction of sp³-hybridized carbons (Fsp3) is 0.562. The molecule has 0 fully saturated rings. The third kappa shape index (κ3) is 3.73. The monoisotopic (exact) mass is 276 g/mol. The summed E-state index contributed by atoms with van der Waals surface area (Å²) in [5, 5.41) is 6.16. The topological polar surface area (TPSA) is 50.4 Å². The van der Waals surface area contributed by atoms with Crippen LogP contribution in [0.5, 0.6) is 5.75 Å². The molecule has 1 unspecified atom stereocenters. The van der Waals surface area contributed by atoms with Crippen LogP contribution in [-0.4, -0.2) is 26.1 Å². The molecule has 1 atom stereocenters. The van der Waals surface area contributed by atoms with Crippen LogP contribution in [0.25, 0.3) is 0 Å². The molecule has 1 aromatic carbocycles. The largest absolute Gasteiger partial charge is 0.484 e. The summed E-state index contributed by atoms with van der Waals surface area (Å²) < 4.78 is 5.57. The molecule has 0 radical (unpaired) electrons. The number of rotatable bonds is 6. The molecule has 0 heterocycles. The molecule has 1 amide bonds. The van der Waals surface area contributed by atoms with E-state index in [9.17, 15) is 4.79 Å². The third-order valence-electron chi connectivity index (χ3n) is 3.72. The fourth-order valence-corrected chi connectivity index (χ4v) is 2.64. The van der Waals surface area contributed by atoms with Gasteiger partial charge in [-0.25, -0.2) is 0 Å². The van der Waals surface area contributed by atoms with Crippen molar-refractivity contribution < 1.29 is 9.53 Å². The minimum absolute atomic E-state index is 0.0577. The zero-order valence-corrected chi connectivity index (χ0v) is 12.4. The molecule has 1 aliphatic carbocycles. The number of carbonyl (C=O) groups is 1. The maximum absolute atomic E-state index is 11.5. The highest BCUT2D eigenvalue weighted by Gasteiger charge is 2.19. The lowest BCUT2D eigenvalue weighted by molar-refractivity contribution is -0.123. The molecule has 0 aliphatic heterocycles. The summed E-state index contributed by atoms with van der Waals surface area (Å²) in [5.74, 6) is 0.727. The summed E-state index contributed by atoms with van der Waals surface area (Å²) in [6.45, 7) is 2.83. The number of amides is 1. The second kappa shape index (κ2) is 7.29. The maximum atomic E-state index is 11.5. The smallest absolute Gasteiger partial charge is 0.257 e. The molecule has 4 nitrogen and oxygen atoms in total. The van der Waals surface area contributed by atoms with Gasteiger partial charge in [0.15, 0.2) is 6.61 Å². The number of carbonyl (C=O) groups excluding carboxylic acids is 1. The van der Waals surface area contributed by atoms with E-state index < -0.39 is 0 Å². The summed E-state index contributed by atoms with van der Waals surface area (Å²) in [6.07, 6.45) is 4.41. The van der Waals surface area contributed by atoms with Crippen LogP contribution in [0.15, 0.2) is 18.2 Å². The summed E-state index contributed by atoms with van der Waals surface area (Å²) in [6, 6.07) is 6.60. The van der Waals surface area contributed by atoms with Gasteiger partial charge in [0.1, 0.15) is 5.75 Å². The normalized spacial score (nSPS) is 17.4. The van der Waals surface area contributed by atoms with Crippen molar-refractivity contribution in [3.05, 3.63) is 29.3 Å². The Labute approximate surface area is 120 Å². The molecule has 2 rings (SSSR count). The first-order valence-electron chi connectivity index (χ1n) is 7.44. The van der Waals surface area contributed by atoms with Crippen LogP contribution in [-0.2, 0) is 11.2 Å². The average Bonchev–Trinajstić information content (AvgIpc) is 2.49. The van der Waals surface area contributed by atoms with Crippen molar-refractivity contribution in [2.45, 2.75) is 38.6 Å². The minimum Gasteiger partial charge on any atom is -0.484 e. The molecule has 1 aliphatic rings. The Balaban J connectivity index is 1.95. The summed E-state index contributed by atoms with van der Waals surface area (Å²) in [7, 11) is 2.00. The predicted octanol–water partition coefficient (Wildman–Crippen LogP) is 2.19. The molecule has 110 valence electrons. The van der Waals surface area contributed by atoms with Crippen molar-refractivity contribution in [3.63, 3.8) is 0 Å². The highest BCUT2D eigenvalue weighted by molar-refractivity contribution is 5.77. The van der Waals surface area contributed by atoms with Crippen LogP contribution < -0.4 is 15.4 Å². The number of hydrogen-bond donors (Lipinski definition) is 2. The van der Waals surface area contributed by atoms with Crippen LogP contribution in [0, 0.1) is 0 Å². The van der Waals surface area contributed by atoms with Crippen LogP contribution in [0.3, 0.4) is 0 Å². The summed E-state index contributed by atoms with van der Waals surface area (Å²) in [5.41, 5.74) is 2.70. The van der Waals surface area contributed by atoms with Gasteiger partial charge >= 0.3 is 0 Å². The van der Waals surface area contributed by atoms with E-state index in [-0.39, 0.29) is 12.5 Å². The van der Waals surface area contributed by atoms with Crippen molar-refractivity contribution in [1.82, 2.24) is 10.6 Å². The number of aryl methyl sites for hydroxylation is 1. The van der Waals surface area contributed by atoms with Gasteiger partial charge in [-0.15, -0.1) is 0 Å². The van der Waals surface area contributed by atoms with Crippen molar-refractivity contribution in [2.75, 3.05) is 20.2 Å². The predicted molar refractivity (Wildman–Crippen MR) is 80.0 cm³/mol. The molecule has 4 heteroatoms. The van der Waals surface area contributed by atoms with E-state index >= 15 is 0 Å². The molecule has 0 aromatic heterocycles. The number of hydrogen-bond acceptors (Lipinski definition) is 3. The van der Waals surface area contributed by atoms with Crippen LogP contribution in [0.2, 0.25) is 0 Å². The van der Waals surface area contributed by atoms with E-state index in [0.717, 1.165) is 18.6 Å². The summed E-state index contributed by atoms with van der Waals surface area (Å²) >= 11 is 0. The molecule has 0 bridgehead atoms. The van der Waals surface area contributed by atoms with E-state index in [1.165, 1.54) is 24.0 Å². The minimum atomic E-state index is -0.0577. The lowest BCUT2D eigenvalue weighted by atomic mass is 9.87. The molecule has 0 spiro atoms. The maximum Gasteiger partial charge on any atom is 0.257 e. The SMILES string of the molecule is CCCNC(=O)COc1ccc2c(c1)CCCC2NC. The van der Waals surface area contributed by atoms with Crippen LogP contribution in [0.4, 0.5) is 0 Å². The zero-order chi connectivity index (χ0) is 14.4. The Morgan fingerprint density at radius 1 is 1.45 bits per heavy atom. The average molecular weight is 276 g/mol. The molecule has 0 saturated carbocycles. The zero-order valence-electron chi connectivity index (χ0n) is 12.4. The second-order valence-electron chi connectivity index (χ2n) is 5.23. The van der Waals surface area contributed by atoms with Gasteiger partial charge in [0.25, 0.3) is 5.91 Å². The van der Waals surface area contributed by atoms with Gasteiger partial charge in [-0.05, 0) is 56.0 Å². The van der Waals surface area contributed by atoms with Gasteiger partial charge in [-0.1, -0.05) is 13.0 Å². The van der Waals surface area contributed by atoms with E-state index in [0.29, 0.717) is 12.6 Å². The number of ether oxygens (including phenoxy) is 1. The Morgan fingerprint density at radius 3 is 3.05 bits per heavy atom.